The molecule has 0 saturated heterocycles. The molecule has 1 heterocycles. The van der Waals surface area contributed by atoms with E-state index in [1.807, 2.05) is 24.3 Å². The van der Waals surface area contributed by atoms with E-state index < -0.39 is 5.82 Å². The first-order valence-electron chi connectivity index (χ1n) is 5.93. The molecule has 0 spiro atoms. The van der Waals surface area contributed by atoms with Crippen molar-refractivity contribution in [3.05, 3.63) is 58.9 Å². The van der Waals surface area contributed by atoms with Gasteiger partial charge in [-0.05, 0) is 36.2 Å². The van der Waals surface area contributed by atoms with E-state index >= 15 is 0 Å². The van der Waals surface area contributed by atoms with E-state index in [9.17, 15) is 9.18 Å². The van der Waals surface area contributed by atoms with Gasteiger partial charge in [0.25, 0.3) is 0 Å². The summed E-state index contributed by atoms with van der Waals surface area (Å²) in [5.41, 5.74) is 1.06. The summed E-state index contributed by atoms with van der Waals surface area (Å²) in [4.78, 5) is 14.4. The molecule has 6 heteroatoms. The van der Waals surface area contributed by atoms with Gasteiger partial charge < -0.3 is 0 Å². The predicted molar refractivity (Wildman–Crippen MR) is 78.4 cm³/mol. The predicted octanol–water partition coefficient (Wildman–Crippen LogP) is 4.22. The molecule has 3 nitrogen and oxygen atoms in total. The summed E-state index contributed by atoms with van der Waals surface area (Å²) in [7, 11) is 0. The molecule has 0 aromatic heterocycles. The van der Waals surface area contributed by atoms with Gasteiger partial charge in [0, 0.05) is 10.6 Å². The molecule has 0 bridgehead atoms. The van der Waals surface area contributed by atoms with E-state index in [4.69, 9.17) is 11.6 Å². The van der Waals surface area contributed by atoms with Crippen molar-refractivity contribution in [3.8, 4) is 0 Å². The molecule has 102 valence electrons. The number of para-hydroxylation sites is 1. The van der Waals surface area contributed by atoms with E-state index in [2.05, 4.69) is 4.72 Å². The van der Waals surface area contributed by atoms with Crippen molar-refractivity contribution >= 4 is 35.3 Å². The second kappa shape index (κ2) is 5.34. The van der Waals surface area contributed by atoms with Crippen LogP contribution in [-0.4, -0.2) is 6.03 Å². The molecule has 0 atom stereocenters. The van der Waals surface area contributed by atoms with E-state index in [-0.39, 0.29) is 12.6 Å². The Morgan fingerprint density at radius 2 is 2.00 bits per heavy atom. The average molecular weight is 309 g/mol. The third kappa shape index (κ3) is 2.34. The zero-order valence-electron chi connectivity index (χ0n) is 10.3. The van der Waals surface area contributed by atoms with Gasteiger partial charge in [0.1, 0.15) is 5.82 Å². The largest absolute Gasteiger partial charge is 0.332 e. The van der Waals surface area contributed by atoms with Gasteiger partial charge in [0.2, 0.25) is 0 Å². The van der Waals surface area contributed by atoms with Crippen LogP contribution < -0.4 is 9.62 Å². The highest BCUT2D eigenvalue weighted by atomic mass is 35.5. The first-order valence-corrected chi connectivity index (χ1v) is 7.12. The minimum atomic E-state index is -0.416. The van der Waals surface area contributed by atoms with Gasteiger partial charge in [-0.25, -0.2) is 9.18 Å². The number of hydrogen-bond donors (Lipinski definition) is 1. The zero-order chi connectivity index (χ0) is 14.1. The molecule has 1 aliphatic heterocycles. The Morgan fingerprint density at radius 1 is 1.20 bits per heavy atom. The number of halogens is 2. The first kappa shape index (κ1) is 13.3. The Balaban J connectivity index is 2.00. The van der Waals surface area contributed by atoms with E-state index in [0.29, 0.717) is 10.6 Å². The first-order chi connectivity index (χ1) is 9.66. The molecule has 2 aromatic carbocycles. The Bertz CT molecular complexity index is 660. The fourth-order valence-corrected chi connectivity index (χ4v) is 2.99. The summed E-state index contributed by atoms with van der Waals surface area (Å²) in [5.74, 6) is -0.416. The molecular weight excluding hydrogens is 299 g/mol. The molecule has 0 unspecified atom stereocenters. The van der Waals surface area contributed by atoms with Gasteiger partial charge >= 0.3 is 6.03 Å². The summed E-state index contributed by atoms with van der Waals surface area (Å²) < 4.78 is 16.5. The summed E-state index contributed by atoms with van der Waals surface area (Å²) >= 11 is 7.27. The highest BCUT2D eigenvalue weighted by Crippen LogP contribution is 2.34. The third-order valence-corrected chi connectivity index (χ3v) is 4.22. The second-order valence-electron chi connectivity index (χ2n) is 4.26. The number of amides is 2. The maximum atomic E-state index is 13.9. The molecule has 0 aliphatic carbocycles. The topological polar surface area (TPSA) is 32.3 Å². The number of carbonyl (C=O) groups excluding carboxylic acids is 1. The van der Waals surface area contributed by atoms with Crippen molar-refractivity contribution in [2.75, 3.05) is 4.90 Å². The van der Waals surface area contributed by atoms with Crippen LogP contribution in [-0.2, 0) is 6.54 Å². The number of nitrogens with one attached hydrogen (secondary N) is 1. The molecule has 0 fully saturated rings. The van der Waals surface area contributed by atoms with Crippen LogP contribution in [0.3, 0.4) is 0 Å². The summed E-state index contributed by atoms with van der Waals surface area (Å²) in [6.07, 6.45) is 0. The summed E-state index contributed by atoms with van der Waals surface area (Å²) in [5, 5.41) is 0.313. The van der Waals surface area contributed by atoms with Gasteiger partial charge in [0.05, 0.1) is 17.1 Å². The molecule has 1 N–H and O–H groups in total. The molecule has 1 aliphatic rings. The van der Waals surface area contributed by atoms with Crippen molar-refractivity contribution in [1.82, 2.24) is 4.72 Å². The fraction of sp³-hybridized carbons (Fsp3) is 0.0714. The van der Waals surface area contributed by atoms with Crippen LogP contribution >= 0.6 is 23.5 Å². The van der Waals surface area contributed by atoms with Gasteiger partial charge in [-0.3, -0.25) is 9.62 Å². The van der Waals surface area contributed by atoms with Crippen LogP contribution in [0, 0.1) is 5.82 Å². The van der Waals surface area contributed by atoms with Crippen molar-refractivity contribution in [3.63, 3.8) is 0 Å². The summed E-state index contributed by atoms with van der Waals surface area (Å²) in [6.45, 7) is 0.0922. The quantitative estimate of drug-likeness (QED) is 0.843. The molecule has 2 aromatic rings. The van der Waals surface area contributed by atoms with Crippen LogP contribution in [0.1, 0.15) is 5.56 Å². The fourth-order valence-electron chi connectivity index (χ4n) is 2.03. The number of hydrogen-bond acceptors (Lipinski definition) is 2. The molecular formula is C14H10ClFN2OS. The van der Waals surface area contributed by atoms with Gasteiger partial charge in [0.15, 0.2) is 0 Å². The minimum Gasteiger partial charge on any atom is -0.288 e. The van der Waals surface area contributed by atoms with Crippen LogP contribution in [0.25, 0.3) is 0 Å². The number of urea groups is 1. The maximum Gasteiger partial charge on any atom is 0.332 e. The van der Waals surface area contributed by atoms with Crippen LogP contribution in [0.2, 0.25) is 5.02 Å². The molecule has 0 radical (unpaired) electrons. The Kier molecular flexibility index (Phi) is 3.54. The number of benzene rings is 2. The summed E-state index contributed by atoms with van der Waals surface area (Å²) in [6, 6.07) is 11.7. The average Bonchev–Trinajstić information content (AvgIpc) is 2.45. The van der Waals surface area contributed by atoms with Gasteiger partial charge in [-0.15, -0.1) is 0 Å². The highest BCUT2D eigenvalue weighted by Gasteiger charge is 2.25. The second-order valence-corrected chi connectivity index (χ2v) is 5.52. The lowest BCUT2D eigenvalue weighted by Crippen LogP contribution is -2.40. The minimum absolute atomic E-state index is 0.0922. The van der Waals surface area contributed by atoms with Gasteiger partial charge in [-0.2, -0.15) is 0 Å². The molecule has 20 heavy (non-hydrogen) atoms. The Labute approximate surface area is 124 Å². The van der Waals surface area contributed by atoms with E-state index in [0.717, 1.165) is 10.6 Å². The van der Waals surface area contributed by atoms with Crippen molar-refractivity contribution < 1.29 is 9.18 Å². The van der Waals surface area contributed by atoms with Crippen LogP contribution in [0.5, 0.6) is 0 Å². The van der Waals surface area contributed by atoms with E-state index in [1.165, 1.54) is 22.9 Å². The van der Waals surface area contributed by atoms with Crippen LogP contribution in [0.4, 0.5) is 14.9 Å². The van der Waals surface area contributed by atoms with E-state index in [1.54, 1.807) is 12.1 Å². The molecule has 3 rings (SSSR count). The monoisotopic (exact) mass is 308 g/mol. The number of nitrogens with zero attached hydrogens (tertiary/aromatic N) is 1. The van der Waals surface area contributed by atoms with Crippen LogP contribution in [0.15, 0.2) is 47.4 Å². The maximum absolute atomic E-state index is 13.9. The number of anilines is 1. The standard InChI is InChI=1S/C14H10ClFN2OS/c15-10-4-3-5-11(16)9(10)8-18-12-6-1-2-7-13(12)20-17-14(18)19/h1-7H,8H2,(H,17,19). The number of rotatable bonds is 2. The Hall–Kier alpha value is -1.72. The lowest BCUT2D eigenvalue weighted by atomic mass is 10.2. The normalized spacial score (nSPS) is 13.9. The lowest BCUT2D eigenvalue weighted by molar-refractivity contribution is 0.251. The SMILES string of the molecule is O=C1NSc2ccccc2N1Cc1c(F)cccc1Cl. The smallest absolute Gasteiger partial charge is 0.288 e. The third-order valence-electron chi connectivity index (χ3n) is 3.03. The van der Waals surface area contributed by atoms with Crippen molar-refractivity contribution in [2.45, 2.75) is 11.4 Å². The molecule has 0 saturated carbocycles. The zero-order valence-corrected chi connectivity index (χ0v) is 11.8. The number of fused-ring (bicyclic) bond motifs is 1. The number of carbonyl (C=O) groups is 1. The lowest BCUT2D eigenvalue weighted by Gasteiger charge is -2.29. The van der Waals surface area contributed by atoms with Gasteiger partial charge in [-0.1, -0.05) is 29.8 Å². The van der Waals surface area contributed by atoms with Crippen molar-refractivity contribution in [2.24, 2.45) is 0 Å². The molecule has 2 amide bonds. The Morgan fingerprint density at radius 3 is 2.80 bits per heavy atom. The highest BCUT2D eigenvalue weighted by molar-refractivity contribution is 7.98. The van der Waals surface area contributed by atoms with Crippen molar-refractivity contribution in [1.29, 1.82) is 0 Å².